The third-order valence-corrected chi connectivity index (χ3v) is 7.09. The average Bonchev–Trinajstić information content (AvgIpc) is 3.04. The van der Waals surface area contributed by atoms with Crippen LogP contribution in [0, 0.1) is 12.8 Å². The number of carbonyl (C=O) groups is 1. The molecule has 0 amide bonds. The van der Waals surface area contributed by atoms with Gasteiger partial charge in [-0.05, 0) is 67.0 Å². The van der Waals surface area contributed by atoms with Gasteiger partial charge in [-0.2, -0.15) is 0 Å². The van der Waals surface area contributed by atoms with E-state index < -0.39 is 5.97 Å². The number of hydrogen-bond donors (Lipinski definition) is 2. The summed E-state index contributed by atoms with van der Waals surface area (Å²) in [5, 5.41) is 14.2. The van der Waals surface area contributed by atoms with Crippen LogP contribution in [-0.4, -0.2) is 11.1 Å². The van der Waals surface area contributed by atoms with Crippen LogP contribution in [-0.2, 0) is 0 Å². The zero-order valence-corrected chi connectivity index (χ0v) is 16.4. The molecule has 140 valence electrons. The molecule has 0 bridgehead atoms. The number of carboxylic acid groups (broad SMARTS) is 1. The van der Waals surface area contributed by atoms with E-state index in [2.05, 4.69) is 36.5 Å². The van der Waals surface area contributed by atoms with Crippen LogP contribution >= 0.6 is 11.3 Å². The van der Waals surface area contributed by atoms with E-state index >= 15 is 0 Å². The predicted molar refractivity (Wildman–Crippen MR) is 113 cm³/mol. The number of benzene rings is 2. The molecule has 27 heavy (non-hydrogen) atoms. The van der Waals surface area contributed by atoms with Crippen LogP contribution < -0.4 is 5.32 Å². The zero-order valence-electron chi connectivity index (χ0n) is 15.6. The molecular formula is C23H25NO2S. The van der Waals surface area contributed by atoms with E-state index in [1.54, 1.807) is 12.1 Å². The molecule has 2 aromatic carbocycles. The summed E-state index contributed by atoms with van der Waals surface area (Å²) in [5.41, 5.74) is 2.70. The lowest BCUT2D eigenvalue weighted by Gasteiger charge is -2.31. The fourth-order valence-corrected chi connectivity index (χ4v) is 5.60. The molecule has 1 aromatic heterocycles. The molecular weight excluding hydrogens is 354 g/mol. The van der Waals surface area contributed by atoms with Crippen molar-refractivity contribution in [3.8, 4) is 0 Å². The lowest BCUT2D eigenvalue weighted by molar-refractivity contribution is 0.0697. The highest BCUT2D eigenvalue weighted by atomic mass is 32.1. The van der Waals surface area contributed by atoms with Crippen molar-refractivity contribution in [3.63, 3.8) is 0 Å². The highest BCUT2D eigenvalue weighted by Crippen LogP contribution is 2.43. The summed E-state index contributed by atoms with van der Waals surface area (Å²) in [6.07, 6.45) is 6.43. The molecule has 4 rings (SSSR count). The quantitative estimate of drug-likeness (QED) is 0.522. The van der Waals surface area contributed by atoms with E-state index in [1.165, 1.54) is 52.6 Å². The molecule has 0 spiro atoms. The van der Waals surface area contributed by atoms with E-state index in [0.29, 0.717) is 11.5 Å². The Morgan fingerprint density at radius 2 is 1.78 bits per heavy atom. The fourth-order valence-electron chi connectivity index (χ4n) is 4.24. The Hall–Kier alpha value is -2.33. The van der Waals surface area contributed by atoms with Crippen molar-refractivity contribution in [1.82, 2.24) is 0 Å². The second-order valence-electron chi connectivity index (χ2n) is 7.49. The Bertz CT molecular complexity index is 939. The number of aryl methyl sites for hydroxylation is 1. The second kappa shape index (κ2) is 7.73. The molecule has 1 aliphatic carbocycles. The van der Waals surface area contributed by atoms with Gasteiger partial charge in [0.15, 0.2) is 0 Å². The van der Waals surface area contributed by atoms with Crippen LogP contribution in [0.3, 0.4) is 0 Å². The van der Waals surface area contributed by atoms with E-state index in [9.17, 15) is 4.79 Å². The molecule has 4 heteroatoms. The van der Waals surface area contributed by atoms with Crippen LogP contribution in [0.4, 0.5) is 5.69 Å². The van der Waals surface area contributed by atoms with Crippen molar-refractivity contribution in [2.45, 2.75) is 45.1 Å². The maximum Gasteiger partial charge on any atom is 0.335 e. The first-order valence-electron chi connectivity index (χ1n) is 9.71. The Morgan fingerprint density at radius 3 is 2.44 bits per heavy atom. The van der Waals surface area contributed by atoms with Gasteiger partial charge in [-0.25, -0.2) is 4.79 Å². The maximum absolute atomic E-state index is 11.1. The number of carboxylic acids is 1. The molecule has 2 N–H and O–H groups in total. The number of aromatic carboxylic acids is 1. The van der Waals surface area contributed by atoms with Crippen LogP contribution in [0.25, 0.3) is 10.1 Å². The third kappa shape index (κ3) is 3.72. The molecule has 1 atom stereocenters. The summed E-state index contributed by atoms with van der Waals surface area (Å²) in [6, 6.07) is 16.1. The summed E-state index contributed by atoms with van der Waals surface area (Å²) in [4.78, 5) is 12.6. The molecule has 3 nitrogen and oxygen atoms in total. The van der Waals surface area contributed by atoms with Crippen molar-refractivity contribution >= 4 is 33.1 Å². The van der Waals surface area contributed by atoms with Gasteiger partial charge in [-0.1, -0.05) is 37.5 Å². The Balaban J connectivity index is 1.69. The van der Waals surface area contributed by atoms with Gasteiger partial charge < -0.3 is 10.4 Å². The fraction of sp³-hybridized carbons (Fsp3) is 0.348. The first-order chi connectivity index (χ1) is 13.1. The van der Waals surface area contributed by atoms with Gasteiger partial charge in [0.05, 0.1) is 11.6 Å². The smallest absolute Gasteiger partial charge is 0.335 e. The lowest BCUT2D eigenvalue weighted by atomic mass is 9.82. The molecule has 3 aromatic rings. The molecule has 0 radical (unpaired) electrons. The minimum Gasteiger partial charge on any atom is -0.478 e. The van der Waals surface area contributed by atoms with Gasteiger partial charge in [0.1, 0.15) is 0 Å². The molecule has 1 aliphatic rings. The van der Waals surface area contributed by atoms with Crippen molar-refractivity contribution in [2.75, 3.05) is 5.32 Å². The van der Waals surface area contributed by atoms with Crippen molar-refractivity contribution in [1.29, 1.82) is 0 Å². The van der Waals surface area contributed by atoms with Gasteiger partial charge in [0.2, 0.25) is 0 Å². The average molecular weight is 380 g/mol. The standard InChI is InChI=1S/C23H25NO2S/c1-15-19-9-5-6-10-20(19)27-22(15)21(16-7-3-2-4-8-16)24-18-13-11-17(12-14-18)23(25)26/h5-6,9-14,16,21,24H,2-4,7-8H2,1H3,(H,25,26). The Kier molecular flexibility index (Phi) is 5.17. The molecule has 1 unspecified atom stereocenters. The number of nitrogens with one attached hydrogen (secondary N) is 1. The largest absolute Gasteiger partial charge is 0.478 e. The van der Waals surface area contributed by atoms with Gasteiger partial charge in [0.25, 0.3) is 0 Å². The van der Waals surface area contributed by atoms with Crippen LogP contribution in [0.15, 0.2) is 48.5 Å². The summed E-state index contributed by atoms with van der Waals surface area (Å²) < 4.78 is 1.34. The minimum atomic E-state index is -0.884. The van der Waals surface area contributed by atoms with Gasteiger partial charge in [-0.15, -0.1) is 11.3 Å². The number of hydrogen-bond acceptors (Lipinski definition) is 3. The van der Waals surface area contributed by atoms with Gasteiger partial charge in [0, 0.05) is 15.3 Å². The third-order valence-electron chi connectivity index (χ3n) is 5.74. The Labute approximate surface area is 164 Å². The first kappa shape index (κ1) is 18.1. The zero-order chi connectivity index (χ0) is 18.8. The highest BCUT2D eigenvalue weighted by Gasteiger charge is 2.28. The molecule has 1 fully saturated rings. The summed E-state index contributed by atoms with van der Waals surface area (Å²) in [6.45, 7) is 2.24. The SMILES string of the molecule is Cc1c(C(Nc2ccc(C(=O)O)cc2)C2CCCCC2)sc2ccccc12. The molecule has 0 aliphatic heterocycles. The first-order valence-corrected chi connectivity index (χ1v) is 10.5. The van der Waals surface area contributed by atoms with Crippen LogP contribution in [0.5, 0.6) is 0 Å². The highest BCUT2D eigenvalue weighted by molar-refractivity contribution is 7.19. The normalized spacial score (nSPS) is 16.3. The summed E-state index contributed by atoms with van der Waals surface area (Å²) >= 11 is 1.90. The van der Waals surface area contributed by atoms with Gasteiger partial charge in [-0.3, -0.25) is 0 Å². The predicted octanol–water partition coefficient (Wildman–Crippen LogP) is 6.64. The van der Waals surface area contributed by atoms with Crippen molar-refractivity contribution in [3.05, 3.63) is 64.5 Å². The number of rotatable bonds is 5. The molecule has 0 saturated heterocycles. The molecule has 1 saturated carbocycles. The summed E-state index contributed by atoms with van der Waals surface area (Å²) in [7, 11) is 0. The maximum atomic E-state index is 11.1. The number of anilines is 1. The Morgan fingerprint density at radius 1 is 1.07 bits per heavy atom. The lowest BCUT2D eigenvalue weighted by Crippen LogP contribution is -2.23. The number of thiophene rings is 1. The molecule has 1 heterocycles. The van der Waals surface area contributed by atoms with Crippen LogP contribution in [0.1, 0.15) is 58.9 Å². The minimum absolute atomic E-state index is 0.276. The van der Waals surface area contributed by atoms with Crippen molar-refractivity contribution < 1.29 is 9.90 Å². The van der Waals surface area contributed by atoms with E-state index in [4.69, 9.17) is 5.11 Å². The summed E-state index contributed by atoms with van der Waals surface area (Å²) in [5.74, 6) is -0.268. The van der Waals surface area contributed by atoms with E-state index in [-0.39, 0.29) is 6.04 Å². The number of fused-ring (bicyclic) bond motifs is 1. The van der Waals surface area contributed by atoms with E-state index in [1.807, 2.05) is 23.5 Å². The van der Waals surface area contributed by atoms with Crippen LogP contribution in [0.2, 0.25) is 0 Å². The van der Waals surface area contributed by atoms with Crippen molar-refractivity contribution in [2.24, 2.45) is 5.92 Å². The monoisotopic (exact) mass is 379 g/mol. The topological polar surface area (TPSA) is 49.3 Å². The second-order valence-corrected chi connectivity index (χ2v) is 8.57. The van der Waals surface area contributed by atoms with E-state index in [0.717, 1.165) is 5.69 Å². The van der Waals surface area contributed by atoms with Gasteiger partial charge >= 0.3 is 5.97 Å².